The average molecular weight is 471 g/mol. The van der Waals surface area contributed by atoms with E-state index in [1.807, 2.05) is 22.6 Å². The molecule has 1 aromatic heterocycles. The van der Waals surface area contributed by atoms with Gasteiger partial charge in [0.1, 0.15) is 22.2 Å². The number of imide groups is 1. The topological polar surface area (TPSA) is 108 Å². The Hall–Kier alpha value is -1.36. The van der Waals surface area contributed by atoms with Gasteiger partial charge in [-0.3, -0.25) is 0 Å². The molecule has 0 aliphatic rings. The summed E-state index contributed by atoms with van der Waals surface area (Å²) in [5.74, 6) is -0.288. The molecule has 10 heteroatoms. The van der Waals surface area contributed by atoms with Crippen LogP contribution in [0.2, 0.25) is 5.15 Å². The van der Waals surface area contributed by atoms with E-state index in [0.29, 0.717) is 8.47 Å². The van der Waals surface area contributed by atoms with E-state index < -0.39 is 23.4 Å². The molecule has 0 fully saturated rings. The first-order chi connectivity index (χ1) is 10.7. The molecule has 0 atom stereocenters. The Morgan fingerprint density at radius 1 is 1.04 bits per heavy atom. The van der Waals surface area contributed by atoms with Crippen LogP contribution in [-0.2, 0) is 9.47 Å². The second-order valence-corrected chi connectivity index (χ2v) is 8.25. The number of nitrogens with two attached hydrogens (primary N) is 1. The van der Waals surface area contributed by atoms with Crippen LogP contribution in [0.4, 0.5) is 21.4 Å². The van der Waals surface area contributed by atoms with Gasteiger partial charge in [-0.15, -0.1) is 4.90 Å². The minimum absolute atomic E-state index is 0.00946. The molecule has 134 valence electrons. The lowest BCUT2D eigenvalue weighted by Crippen LogP contribution is -2.44. The van der Waals surface area contributed by atoms with Crippen molar-refractivity contribution >= 4 is 58.1 Å². The average Bonchev–Trinajstić information content (AvgIpc) is 2.31. The molecule has 2 N–H and O–H groups in total. The second kappa shape index (κ2) is 7.26. The summed E-state index contributed by atoms with van der Waals surface area (Å²) in [7, 11) is 0. The van der Waals surface area contributed by atoms with Crippen LogP contribution in [0.5, 0.6) is 0 Å². The first kappa shape index (κ1) is 20.7. The fourth-order valence-electron chi connectivity index (χ4n) is 1.38. The van der Waals surface area contributed by atoms with Crippen molar-refractivity contribution in [2.45, 2.75) is 52.7 Å². The van der Waals surface area contributed by atoms with Gasteiger partial charge in [0, 0.05) is 0 Å². The summed E-state index contributed by atoms with van der Waals surface area (Å²) in [6.07, 6.45) is -1.98. The van der Waals surface area contributed by atoms with Gasteiger partial charge in [0.15, 0.2) is 0 Å². The smallest absolute Gasteiger partial charge is 0.427 e. The van der Waals surface area contributed by atoms with Crippen molar-refractivity contribution in [1.82, 2.24) is 9.97 Å². The summed E-state index contributed by atoms with van der Waals surface area (Å²) in [6, 6.07) is 0. The van der Waals surface area contributed by atoms with E-state index >= 15 is 0 Å². The zero-order chi connectivity index (χ0) is 18.9. The number of halogens is 2. The summed E-state index contributed by atoms with van der Waals surface area (Å²) < 4.78 is 10.8. The Kier molecular flexibility index (Phi) is 6.26. The van der Waals surface area contributed by atoms with E-state index in [1.54, 1.807) is 41.5 Å². The monoisotopic (exact) mass is 470 g/mol. The van der Waals surface area contributed by atoms with E-state index in [0.717, 1.165) is 0 Å². The Labute approximate surface area is 159 Å². The summed E-state index contributed by atoms with van der Waals surface area (Å²) >= 11 is 7.82. The molecule has 0 saturated heterocycles. The predicted octanol–water partition coefficient (Wildman–Crippen LogP) is 3.99. The highest BCUT2D eigenvalue weighted by atomic mass is 127. The van der Waals surface area contributed by atoms with Crippen molar-refractivity contribution in [2.75, 3.05) is 10.6 Å². The molecule has 0 aliphatic heterocycles. The standard InChI is InChI=1S/C14H20ClIN4O4/c1-13(2,3)23-11(21)20(12(22)24-14(4,5)6)10-18-8(15)7(16)9(17)19-10/h1-6H3,(H2,17,18,19). The molecule has 0 aliphatic carbocycles. The van der Waals surface area contributed by atoms with Crippen molar-refractivity contribution in [2.24, 2.45) is 0 Å². The van der Waals surface area contributed by atoms with Gasteiger partial charge in [-0.05, 0) is 64.1 Å². The molecule has 0 bridgehead atoms. The normalized spacial score (nSPS) is 11.8. The van der Waals surface area contributed by atoms with Gasteiger partial charge < -0.3 is 15.2 Å². The number of hydrogen-bond acceptors (Lipinski definition) is 7. The second-order valence-electron chi connectivity index (χ2n) is 6.81. The summed E-state index contributed by atoms with van der Waals surface area (Å²) in [5.41, 5.74) is 4.07. The first-order valence-corrected chi connectivity index (χ1v) is 8.41. The number of carbonyl (C=O) groups excluding carboxylic acids is 2. The molecule has 0 saturated carbocycles. The molecule has 0 radical (unpaired) electrons. The predicted molar refractivity (Wildman–Crippen MR) is 99.1 cm³/mol. The number of aromatic nitrogens is 2. The molecule has 2 amide bonds. The molecule has 24 heavy (non-hydrogen) atoms. The van der Waals surface area contributed by atoms with Crippen LogP contribution in [0.25, 0.3) is 0 Å². The lowest BCUT2D eigenvalue weighted by molar-refractivity contribution is 0.0427. The summed E-state index contributed by atoms with van der Waals surface area (Å²) in [6.45, 7) is 9.97. The van der Waals surface area contributed by atoms with Crippen LogP contribution in [0.1, 0.15) is 41.5 Å². The first-order valence-electron chi connectivity index (χ1n) is 6.96. The number of amides is 2. The molecule has 0 spiro atoms. The molecule has 1 rings (SSSR count). The zero-order valence-electron chi connectivity index (χ0n) is 14.3. The van der Waals surface area contributed by atoms with Gasteiger partial charge in [0.05, 0.1) is 3.57 Å². The lowest BCUT2D eigenvalue weighted by atomic mass is 10.2. The molecule has 0 unspecified atom stereocenters. The number of carbonyl (C=O) groups is 2. The van der Waals surface area contributed by atoms with E-state index in [9.17, 15) is 9.59 Å². The van der Waals surface area contributed by atoms with Crippen LogP contribution in [0, 0.1) is 3.57 Å². The Balaban J connectivity index is 3.33. The van der Waals surface area contributed by atoms with E-state index in [1.165, 1.54) is 0 Å². The van der Waals surface area contributed by atoms with Crippen molar-refractivity contribution in [1.29, 1.82) is 0 Å². The number of rotatable bonds is 1. The van der Waals surface area contributed by atoms with Crippen molar-refractivity contribution in [3.8, 4) is 0 Å². The fraction of sp³-hybridized carbons (Fsp3) is 0.571. The van der Waals surface area contributed by atoms with Crippen LogP contribution in [0.3, 0.4) is 0 Å². The lowest BCUT2D eigenvalue weighted by Gasteiger charge is -2.27. The van der Waals surface area contributed by atoms with Crippen LogP contribution in [-0.4, -0.2) is 33.4 Å². The van der Waals surface area contributed by atoms with Crippen LogP contribution >= 0.6 is 34.2 Å². The quantitative estimate of drug-likeness (QED) is 0.488. The molecule has 0 aromatic carbocycles. The Bertz CT molecular complexity index is 604. The van der Waals surface area contributed by atoms with Gasteiger partial charge in [-0.1, -0.05) is 11.6 Å². The molecule has 8 nitrogen and oxygen atoms in total. The highest BCUT2D eigenvalue weighted by Gasteiger charge is 2.35. The van der Waals surface area contributed by atoms with E-state index in [4.69, 9.17) is 26.8 Å². The largest absolute Gasteiger partial charge is 0.443 e. The fourth-order valence-corrected chi connectivity index (χ4v) is 1.79. The molecule has 1 aromatic rings. The van der Waals surface area contributed by atoms with Gasteiger partial charge in [-0.2, -0.15) is 9.97 Å². The Morgan fingerprint density at radius 2 is 1.46 bits per heavy atom. The van der Waals surface area contributed by atoms with Crippen molar-refractivity contribution < 1.29 is 19.1 Å². The SMILES string of the molecule is CC(C)(C)OC(=O)N(C(=O)OC(C)(C)C)c1nc(N)c(I)c(Cl)n1. The van der Waals surface area contributed by atoms with Gasteiger partial charge in [-0.25, -0.2) is 9.59 Å². The molecule has 1 heterocycles. The minimum Gasteiger partial charge on any atom is -0.443 e. The van der Waals surface area contributed by atoms with Crippen LogP contribution < -0.4 is 10.6 Å². The number of hydrogen-bond donors (Lipinski definition) is 1. The maximum Gasteiger partial charge on any atom is 0.427 e. The number of anilines is 2. The Morgan fingerprint density at radius 3 is 1.79 bits per heavy atom. The zero-order valence-corrected chi connectivity index (χ0v) is 17.2. The number of ether oxygens (including phenoxy) is 2. The maximum absolute atomic E-state index is 12.4. The highest BCUT2D eigenvalue weighted by Crippen LogP contribution is 2.26. The van der Waals surface area contributed by atoms with Gasteiger partial charge in [0.2, 0.25) is 5.95 Å². The number of nitrogens with zero attached hydrogens (tertiary/aromatic N) is 3. The number of nitrogen functional groups attached to an aromatic ring is 1. The highest BCUT2D eigenvalue weighted by molar-refractivity contribution is 14.1. The minimum atomic E-state index is -0.992. The summed E-state index contributed by atoms with van der Waals surface area (Å²) in [4.78, 5) is 33.3. The van der Waals surface area contributed by atoms with Gasteiger partial charge >= 0.3 is 12.2 Å². The van der Waals surface area contributed by atoms with Gasteiger partial charge in [0.25, 0.3) is 0 Å². The van der Waals surface area contributed by atoms with Crippen LogP contribution in [0.15, 0.2) is 0 Å². The van der Waals surface area contributed by atoms with Crippen molar-refractivity contribution in [3.05, 3.63) is 8.72 Å². The third-order valence-electron chi connectivity index (χ3n) is 2.18. The van der Waals surface area contributed by atoms with E-state index in [2.05, 4.69) is 9.97 Å². The summed E-state index contributed by atoms with van der Waals surface area (Å²) in [5, 5.41) is 0.00946. The molecular formula is C14H20ClIN4O4. The van der Waals surface area contributed by atoms with E-state index in [-0.39, 0.29) is 16.9 Å². The molecular weight excluding hydrogens is 451 g/mol. The third-order valence-corrected chi connectivity index (χ3v) is 3.83. The third kappa shape index (κ3) is 5.93. The maximum atomic E-state index is 12.4. The van der Waals surface area contributed by atoms with Crippen molar-refractivity contribution in [3.63, 3.8) is 0 Å².